The Hall–Kier alpha value is -3.01. The first-order valence-corrected chi connectivity index (χ1v) is 7.12. The second kappa shape index (κ2) is 7.04. The van der Waals surface area contributed by atoms with Crippen LogP contribution < -0.4 is 11.1 Å². The van der Waals surface area contributed by atoms with E-state index in [2.05, 4.69) is 15.4 Å². The first kappa shape index (κ1) is 17.3. The van der Waals surface area contributed by atoms with Crippen molar-refractivity contribution in [1.29, 1.82) is 0 Å². The smallest absolute Gasteiger partial charge is 0.288 e. The Morgan fingerprint density at radius 1 is 1.50 bits per heavy atom. The third-order valence-corrected chi connectivity index (χ3v) is 3.55. The number of pyridine rings is 1. The van der Waals surface area contributed by atoms with E-state index in [-0.39, 0.29) is 23.1 Å². The van der Waals surface area contributed by atoms with E-state index in [0.29, 0.717) is 6.54 Å². The highest BCUT2D eigenvalue weighted by atomic mass is 16.6. The van der Waals surface area contributed by atoms with E-state index >= 15 is 0 Å². The topological polar surface area (TPSA) is 132 Å². The number of anilines is 1. The molecule has 0 saturated heterocycles. The van der Waals surface area contributed by atoms with Gasteiger partial charge in [0.05, 0.1) is 22.7 Å². The van der Waals surface area contributed by atoms with Gasteiger partial charge in [0.1, 0.15) is 12.0 Å². The van der Waals surface area contributed by atoms with Crippen molar-refractivity contribution in [3.05, 3.63) is 45.9 Å². The van der Waals surface area contributed by atoms with Crippen LogP contribution in [0.2, 0.25) is 0 Å². The Kier molecular flexibility index (Phi) is 5.09. The highest BCUT2D eigenvalue weighted by molar-refractivity contribution is 5.98. The minimum absolute atomic E-state index is 0.0205. The summed E-state index contributed by atoms with van der Waals surface area (Å²) in [5, 5.41) is 18.0. The third kappa shape index (κ3) is 3.84. The minimum atomic E-state index is -0.781. The summed E-state index contributed by atoms with van der Waals surface area (Å²) >= 11 is 0. The van der Waals surface area contributed by atoms with Crippen LogP contribution in [-0.2, 0) is 7.05 Å². The van der Waals surface area contributed by atoms with Crippen molar-refractivity contribution in [2.75, 3.05) is 26.0 Å². The van der Waals surface area contributed by atoms with Gasteiger partial charge in [-0.2, -0.15) is 5.10 Å². The van der Waals surface area contributed by atoms with Gasteiger partial charge in [0.25, 0.3) is 11.6 Å². The van der Waals surface area contributed by atoms with Crippen LogP contribution >= 0.6 is 0 Å². The normalized spacial score (nSPS) is 12.2. The summed E-state index contributed by atoms with van der Waals surface area (Å²) in [6, 6.07) is 1.09. The summed E-state index contributed by atoms with van der Waals surface area (Å²) in [5.41, 5.74) is 5.98. The second-order valence-corrected chi connectivity index (χ2v) is 5.52. The first-order chi connectivity index (χ1) is 11.3. The quantitative estimate of drug-likeness (QED) is 0.558. The van der Waals surface area contributed by atoms with Gasteiger partial charge in [-0.15, -0.1) is 0 Å². The summed E-state index contributed by atoms with van der Waals surface area (Å²) in [6.07, 6.45) is 4.73. The number of nitro groups is 1. The molecular formula is C14H19N7O3. The Balaban J connectivity index is 2.23. The molecule has 0 fully saturated rings. The summed E-state index contributed by atoms with van der Waals surface area (Å²) < 4.78 is 1.70. The maximum atomic E-state index is 11.5. The number of carbonyl (C=O) groups is 1. The molecule has 1 atom stereocenters. The Labute approximate surface area is 138 Å². The lowest BCUT2D eigenvalue weighted by Crippen LogP contribution is -2.27. The Bertz CT molecular complexity index is 757. The molecule has 0 aliphatic rings. The van der Waals surface area contributed by atoms with Crippen molar-refractivity contribution in [3.63, 3.8) is 0 Å². The first-order valence-electron chi connectivity index (χ1n) is 7.12. The molecule has 0 bridgehead atoms. The Morgan fingerprint density at radius 3 is 2.71 bits per heavy atom. The van der Waals surface area contributed by atoms with E-state index in [1.807, 2.05) is 32.2 Å². The van der Waals surface area contributed by atoms with E-state index in [1.165, 1.54) is 0 Å². The lowest BCUT2D eigenvalue weighted by molar-refractivity contribution is -0.385. The maximum absolute atomic E-state index is 11.5. The fourth-order valence-corrected chi connectivity index (χ4v) is 2.29. The zero-order valence-electron chi connectivity index (χ0n) is 13.6. The number of nitrogens with two attached hydrogens (primary N) is 1. The molecule has 0 aliphatic carbocycles. The number of nitrogens with zero attached hydrogens (tertiary/aromatic N) is 5. The minimum Gasteiger partial charge on any atom is -0.367 e. The van der Waals surface area contributed by atoms with Crippen molar-refractivity contribution < 1.29 is 9.72 Å². The molecule has 3 N–H and O–H groups in total. The van der Waals surface area contributed by atoms with Crippen LogP contribution in [-0.4, -0.2) is 51.1 Å². The summed E-state index contributed by atoms with van der Waals surface area (Å²) in [4.78, 5) is 27.7. The van der Waals surface area contributed by atoms with Gasteiger partial charge in [-0.1, -0.05) is 0 Å². The van der Waals surface area contributed by atoms with Gasteiger partial charge in [0.15, 0.2) is 0 Å². The number of hydrogen-bond acceptors (Lipinski definition) is 7. The van der Waals surface area contributed by atoms with Crippen LogP contribution in [0.3, 0.4) is 0 Å². The average molecular weight is 333 g/mol. The maximum Gasteiger partial charge on any atom is 0.288 e. The second-order valence-electron chi connectivity index (χ2n) is 5.52. The molecule has 24 heavy (non-hydrogen) atoms. The molecule has 1 unspecified atom stereocenters. The van der Waals surface area contributed by atoms with E-state index in [4.69, 9.17) is 5.73 Å². The molecule has 0 aliphatic heterocycles. The van der Waals surface area contributed by atoms with Crippen molar-refractivity contribution in [3.8, 4) is 0 Å². The zero-order chi connectivity index (χ0) is 17.9. The van der Waals surface area contributed by atoms with E-state index < -0.39 is 10.8 Å². The highest BCUT2D eigenvalue weighted by Crippen LogP contribution is 2.22. The van der Waals surface area contributed by atoms with Gasteiger partial charge in [-0.3, -0.25) is 19.6 Å². The number of amides is 1. The summed E-state index contributed by atoms with van der Waals surface area (Å²) in [7, 11) is 5.65. The van der Waals surface area contributed by atoms with Gasteiger partial charge < -0.3 is 16.0 Å². The van der Waals surface area contributed by atoms with Gasteiger partial charge in [0, 0.05) is 31.4 Å². The summed E-state index contributed by atoms with van der Waals surface area (Å²) in [5.74, 6) is -0.569. The molecule has 0 saturated carbocycles. The molecule has 0 radical (unpaired) electrons. The van der Waals surface area contributed by atoms with Gasteiger partial charge in [-0.25, -0.2) is 4.98 Å². The predicted octanol–water partition coefficient (Wildman–Crippen LogP) is 0.537. The number of likely N-dealkylation sites (N-methyl/N-ethyl adjacent to an activating group) is 1. The zero-order valence-corrected chi connectivity index (χ0v) is 13.6. The van der Waals surface area contributed by atoms with Crippen LogP contribution in [0.5, 0.6) is 0 Å². The van der Waals surface area contributed by atoms with Crippen LogP contribution in [0.4, 0.5) is 11.5 Å². The van der Waals surface area contributed by atoms with Gasteiger partial charge in [0.2, 0.25) is 0 Å². The number of nitrogens with one attached hydrogen (secondary N) is 1. The highest BCUT2D eigenvalue weighted by Gasteiger charge is 2.19. The van der Waals surface area contributed by atoms with Crippen molar-refractivity contribution in [2.45, 2.75) is 6.04 Å². The summed E-state index contributed by atoms with van der Waals surface area (Å²) in [6.45, 7) is 0.420. The molecule has 2 rings (SSSR count). The van der Waals surface area contributed by atoms with Gasteiger partial charge in [-0.05, 0) is 14.1 Å². The van der Waals surface area contributed by atoms with Crippen LogP contribution in [0.25, 0.3) is 0 Å². The average Bonchev–Trinajstić information content (AvgIpc) is 2.93. The van der Waals surface area contributed by atoms with Gasteiger partial charge >= 0.3 is 0 Å². The molecule has 1 amide bonds. The number of aryl methyl sites for hydroxylation is 1. The number of rotatable bonds is 7. The predicted molar refractivity (Wildman–Crippen MR) is 87.5 cm³/mol. The number of primary amides is 1. The molecule has 2 aromatic heterocycles. The van der Waals surface area contributed by atoms with E-state index in [1.54, 1.807) is 10.9 Å². The van der Waals surface area contributed by atoms with Crippen LogP contribution in [0.15, 0.2) is 24.7 Å². The number of hydrogen-bond donors (Lipinski definition) is 2. The fraction of sp³-hybridized carbons (Fsp3) is 0.357. The lowest BCUT2D eigenvalue weighted by atomic mass is 10.1. The van der Waals surface area contributed by atoms with Crippen LogP contribution in [0.1, 0.15) is 22.0 Å². The third-order valence-electron chi connectivity index (χ3n) is 3.55. The van der Waals surface area contributed by atoms with Crippen molar-refractivity contribution >= 4 is 17.4 Å². The monoisotopic (exact) mass is 333 g/mol. The molecule has 0 aromatic carbocycles. The largest absolute Gasteiger partial charge is 0.367 e. The standard InChI is InChI=1S/C14H19N7O3/c1-19(2)12(9-5-18-20(3)8-9)7-17-14-11(13(15)22)4-10(6-16-14)21(23)24/h4-6,8,12H,7H2,1-3H3,(H2,15,22)(H,16,17). The number of aromatic nitrogens is 3. The molecule has 10 nitrogen and oxygen atoms in total. The van der Waals surface area contributed by atoms with Crippen molar-refractivity contribution in [2.24, 2.45) is 12.8 Å². The van der Waals surface area contributed by atoms with E-state index in [9.17, 15) is 14.9 Å². The molecular weight excluding hydrogens is 314 g/mol. The van der Waals surface area contributed by atoms with Crippen LogP contribution in [0, 0.1) is 10.1 Å². The molecule has 128 valence electrons. The number of carbonyl (C=O) groups excluding carboxylic acids is 1. The molecule has 10 heteroatoms. The van der Waals surface area contributed by atoms with E-state index in [0.717, 1.165) is 17.8 Å². The van der Waals surface area contributed by atoms with Crippen molar-refractivity contribution in [1.82, 2.24) is 19.7 Å². The molecule has 2 heterocycles. The molecule has 0 spiro atoms. The lowest BCUT2D eigenvalue weighted by Gasteiger charge is -2.24. The SMILES string of the molecule is CN(C)C(CNc1ncc([N+](=O)[O-])cc1C(N)=O)c1cnn(C)c1. The Morgan fingerprint density at radius 2 is 2.21 bits per heavy atom. The molecule has 2 aromatic rings. The fourth-order valence-electron chi connectivity index (χ4n) is 2.29.